The van der Waals surface area contributed by atoms with E-state index in [0.717, 1.165) is 5.56 Å². The second-order valence-corrected chi connectivity index (χ2v) is 5.08. The summed E-state index contributed by atoms with van der Waals surface area (Å²) < 4.78 is 15.5. The molecule has 0 saturated heterocycles. The molecule has 1 unspecified atom stereocenters. The monoisotopic (exact) mass is 306 g/mol. The fraction of sp³-hybridized carbons (Fsp3) is 0.286. The summed E-state index contributed by atoms with van der Waals surface area (Å²) in [6.07, 6.45) is 0. The summed E-state index contributed by atoms with van der Waals surface area (Å²) in [5, 5.41) is 6.49. The lowest BCUT2D eigenvalue weighted by Crippen LogP contribution is -2.45. The molecule has 0 fully saturated rings. The number of rotatable bonds is 2. The minimum absolute atomic E-state index is 0.204. The van der Waals surface area contributed by atoms with E-state index in [4.69, 9.17) is 26.4 Å². The molecule has 1 atom stereocenters. The maximum atomic E-state index is 12.0. The van der Waals surface area contributed by atoms with Crippen LogP contribution in [0.4, 0.5) is 0 Å². The number of benzene rings is 1. The Morgan fingerprint density at radius 1 is 1.38 bits per heavy atom. The zero-order valence-corrected chi connectivity index (χ0v) is 12.4. The van der Waals surface area contributed by atoms with Crippen molar-refractivity contribution in [1.29, 1.82) is 0 Å². The minimum Gasteiger partial charge on any atom is -0.466 e. The summed E-state index contributed by atoms with van der Waals surface area (Å²) in [6, 6.07) is 5.13. The van der Waals surface area contributed by atoms with Crippen LogP contribution < -0.4 is 20.1 Å². The predicted octanol–water partition coefficient (Wildman–Crippen LogP) is 1.38. The van der Waals surface area contributed by atoms with E-state index in [1.807, 2.05) is 18.2 Å². The molecule has 2 heterocycles. The predicted molar refractivity (Wildman–Crippen MR) is 78.9 cm³/mol. The zero-order chi connectivity index (χ0) is 15.0. The summed E-state index contributed by atoms with van der Waals surface area (Å²) in [5.41, 5.74) is 2.01. The Balaban J connectivity index is 2.04. The van der Waals surface area contributed by atoms with Crippen LogP contribution in [0, 0.1) is 0 Å². The van der Waals surface area contributed by atoms with E-state index in [-0.39, 0.29) is 12.8 Å². The van der Waals surface area contributed by atoms with Gasteiger partial charge in [0.2, 0.25) is 6.79 Å². The number of ether oxygens (including phenoxy) is 3. The average Bonchev–Trinajstić information content (AvgIpc) is 2.93. The van der Waals surface area contributed by atoms with Crippen molar-refractivity contribution in [2.45, 2.75) is 13.0 Å². The fourth-order valence-electron chi connectivity index (χ4n) is 2.42. The number of carbonyl (C=O) groups is 1. The van der Waals surface area contributed by atoms with E-state index in [1.54, 1.807) is 6.92 Å². The number of fused-ring (bicyclic) bond motifs is 1. The molecule has 0 bridgehead atoms. The van der Waals surface area contributed by atoms with E-state index >= 15 is 0 Å². The third-order valence-corrected chi connectivity index (χ3v) is 3.62. The lowest BCUT2D eigenvalue weighted by molar-refractivity contribution is -0.136. The van der Waals surface area contributed by atoms with Crippen molar-refractivity contribution in [2.24, 2.45) is 0 Å². The SMILES string of the molecule is COC(=O)C1=C(C)NC(=S)NC1c1ccc2c(c1)OCO2. The molecule has 1 aromatic rings. The zero-order valence-electron chi connectivity index (χ0n) is 11.6. The minimum atomic E-state index is -0.405. The molecule has 0 radical (unpaired) electrons. The molecule has 2 aliphatic heterocycles. The second-order valence-electron chi connectivity index (χ2n) is 4.67. The molecule has 6 nitrogen and oxygen atoms in total. The molecule has 0 aromatic heterocycles. The Morgan fingerprint density at radius 2 is 2.14 bits per heavy atom. The molecule has 0 saturated carbocycles. The number of hydrogen-bond acceptors (Lipinski definition) is 5. The molecule has 3 rings (SSSR count). The Morgan fingerprint density at radius 3 is 2.90 bits per heavy atom. The number of methoxy groups -OCH3 is 1. The van der Waals surface area contributed by atoms with Crippen molar-refractivity contribution >= 4 is 23.3 Å². The summed E-state index contributed by atoms with van der Waals surface area (Å²) in [5.74, 6) is 0.939. The van der Waals surface area contributed by atoms with Crippen LogP contribution in [0.25, 0.3) is 0 Å². The van der Waals surface area contributed by atoms with Gasteiger partial charge in [-0.05, 0) is 36.8 Å². The number of nitrogens with one attached hydrogen (secondary N) is 2. The molecule has 2 aliphatic rings. The van der Waals surface area contributed by atoms with Crippen molar-refractivity contribution in [3.8, 4) is 11.5 Å². The second kappa shape index (κ2) is 5.25. The van der Waals surface area contributed by atoms with Gasteiger partial charge in [0.05, 0.1) is 18.7 Å². The third kappa shape index (κ3) is 2.40. The van der Waals surface area contributed by atoms with E-state index < -0.39 is 5.97 Å². The number of hydrogen-bond donors (Lipinski definition) is 2. The van der Waals surface area contributed by atoms with Gasteiger partial charge in [-0.1, -0.05) is 6.07 Å². The lowest BCUT2D eigenvalue weighted by atomic mass is 9.95. The number of thiocarbonyl (C=S) groups is 1. The first-order valence-corrected chi connectivity index (χ1v) is 6.77. The van der Waals surface area contributed by atoms with Crippen molar-refractivity contribution in [3.05, 3.63) is 35.0 Å². The highest BCUT2D eigenvalue weighted by molar-refractivity contribution is 7.80. The van der Waals surface area contributed by atoms with Crippen LogP contribution in [0.5, 0.6) is 11.5 Å². The van der Waals surface area contributed by atoms with E-state index in [0.29, 0.717) is 27.9 Å². The van der Waals surface area contributed by atoms with Gasteiger partial charge in [0.25, 0.3) is 0 Å². The topological polar surface area (TPSA) is 68.8 Å². The molecule has 0 spiro atoms. The number of esters is 1. The molecular formula is C14H14N2O4S. The van der Waals surface area contributed by atoms with Gasteiger partial charge in [0.1, 0.15) is 0 Å². The van der Waals surface area contributed by atoms with Crippen LogP contribution in [0.2, 0.25) is 0 Å². The van der Waals surface area contributed by atoms with E-state index in [1.165, 1.54) is 7.11 Å². The summed E-state index contributed by atoms with van der Waals surface area (Å²) in [4.78, 5) is 12.0. The van der Waals surface area contributed by atoms with Crippen LogP contribution in [-0.2, 0) is 9.53 Å². The Kier molecular flexibility index (Phi) is 3.42. The van der Waals surface area contributed by atoms with Crippen LogP contribution in [0.1, 0.15) is 18.5 Å². The third-order valence-electron chi connectivity index (χ3n) is 3.40. The highest BCUT2D eigenvalue weighted by Gasteiger charge is 2.31. The molecule has 110 valence electrons. The molecule has 7 heteroatoms. The average molecular weight is 306 g/mol. The van der Waals surface area contributed by atoms with Gasteiger partial charge in [-0.15, -0.1) is 0 Å². The van der Waals surface area contributed by atoms with Crippen molar-refractivity contribution < 1.29 is 19.0 Å². The van der Waals surface area contributed by atoms with E-state index in [2.05, 4.69) is 10.6 Å². The highest BCUT2D eigenvalue weighted by atomic mass is 32.1. The van der Waals surface area contributed by atoms with Gasteiger partial charge in [-0.3, -0.25) is 0 Å². The van der Waals surface area contributed by atoms with Gasteiger partial charge >= 0.3 is 5.97 Å². The van der Waals surface area contributed by atoms with Gasteiger partial charge in [0.15, 0.2) is 16.6 Å². The molecule has 0 aliphatic carbocycles. The Hall–Kier alpha value is -2.28. The summed E-state index contributed by atoms with van der Waals surface area (Å²) in [6.45, 7) is 1.99. The smallest absolute Gasteiger partial charge is 0.337 e. The number of allylic oxidation sites excluding steroid dienone is 1. The molecule has 21 heavy (non-hydrogen) atoms. The molecule has 2 N–H and O–H groups in total. The first kappa shape index (κ1) is 13.7. The van der Waals surface area contributed by atoms with Crippen molar-refractivity contribution in [1.82, 2.24) is 10.6 Å². The lowest BCUT2D eigenvalue weighted by Gasteiger charge is -2.29. The normalized spacial score (nSPS) is 19.9. The number of carbonyl (C=O) groups excluding carboxylic acids is 1. The molecular weight excluding hydrogens is 292 g/mol. The maximum Gasteiger partial charge on any atom is 0.337 e. The Labute approximate surface area is 127 Å². The van der Waals surface area contributed by atoms with Crippen LogP contribution >= 0.6 is 12.2 Å². The quantitative estimate of drug-likeness (QED) is 0.632. The Bertz CT molecular complexity index is 656. The van der Waals surface area contributed by atoms with Gasteiger partial charge in [0, 0.05) is 5.70 Å². The molecule has 1 aromatic carbocycles. The van der Waals surface area contributed by atoms with Crippen molar-refractivity contribution in [3.63, 3.8) is 0 Å². The standard InChI is InChI=1S/C14H14N2O4S/c1-7-11(13(17)18-2)12(16-14(21)15-7)8-3-4-9-10(5-8)20-6-19-9/h3-5,12H,6H2,1-2H3,(H2,15,16,21). The van der Waals surface area contributed by atoms with Crippen molar-refractivity contribution in [2.75, 3.05) is 13.9 Å². The van der Waals surface area contributed by atoms with Gasteiger partial charge in [-0.2, -0.15) is 0 Å². The van der Waals surface area contributed by atoms with Crippen LogP contribution in [-0.4, -0.2) is 25.0 Å². The van der Waals surface area contributed by atoms with Crippen LogP contribution in [0.3, 0.4) is 0 Å². The summed E-state index contributed by atoms with van der Waals surface area (Å²) >= 11 is 5.17. The van der Waals surface area contributed by atoms with Gasteiger partial charge in [-0.25, -0.2) is 4.79 Å². The largest absolute Gasteiger partial charge is 0.466 e. The highest BCUT2D eigenvalue weighted by Crippen LogP contribution is 2.36. The maximum absolute atomic E-state index is 12.0. The fourth-order valence-corrected chi connectivity index (χ4v) is 2.69. The summed E-state index contributed by atoms with van der Waals surface area (Å²) in [7, 11) is 1.35. The van der Waals surface area contributed by atoms with Gasteiger partial charge < -0.3 is 24.8 Å². The first-order valence-electron chi connectivity index (χ1n) is 6.36. The van der Waals surface area contributed by atoms with E-state index in [9.17, 15) is 4.79 Å². The first-order chi connectivity index (χ1) is 10.1. The molecule has 0 amide bonds. The van der Waals surface area contributed by atoms with Crippen LogP contribution in [0.15, 0.2) is 29.5 Å².